The highest BCUT2D eigenvalue weighted by Gasteiger charge is 2.49. The molecule has 0 radical (unpaired) electrons. The number of anilines is 1. The Balaban J connectivity index is 1.92. The number of benzene rings is 1. The van der Waals surface area contributed by atoms with Crippen LogP contribution in [-0.2, 0) is 14.3 Å². The number of carbonyl (C=O) groups is 2. The lowest BCUT2D eigenvalue weighted by Crippen LogP contribution is -2.36. The van der Waals surface area contributed by atoms with Crippen molar-refractivity contribution < 1.29 is 23.8 Å². The minimum atomic E-state index is -0.801. The van der Waals surface area contributed by atoms with E-state index < -0.39 is 5.60 Å². The zero-order valence-electron chi connectivity index (χ0n) is 16.9. The Morgan fingerprint density at radius 3 is 2.43 bits per heavy atom. The summed E-state index contributed by atoms with van der Waals surface area (Å²) < 4.78 is 17.0. The summed E-state index contributed by atoms with van der Waals surface area (Å²) in [6.07, 6.45) is 5.46. The maximum Gasteiger partial charge on any atom is 0.335 e. The van der Waals surface area contributed by atoms with Crippen molar-refractivity contribution in [2.75, 3.05) is 18.5 Å². The summed E-state index contributed by atoms with van der Waals surface area (Å²) in [4.78, 5) is 25.6. The van der Waals surface area contributed by atoms with Crippen LogP contribution in [0.2, 0.25) is 0 Å². The van der Waals surface area contributed by atoms with E-state index in [1.807, 2.05) is 19.9 Å². The molecule has 1 heterocycles. The van der Waals surface area contributed by atoms with Gasteiger partial charge in [-0.25, -0.2) is 4.79 Å². The Labute approximate surface area is 166 Å². The fourth-order valence-corrected chi connectivity index (χ4v) is 4.11. The second-order valence-corrected chi connectivity index (χ2v) is 7.28. The van der Waals surface area contributed by atoms with E-state index in [1.54, 1.807) is 19.1 Å². The Morgan fingerprint density at radius 2 is 1.79 bits per heavy atom. The van der Waals surface area contributed by atoms with Crippen molar-refractivity contribution in [2.24, 2.45) is 0 Å². The molecule has 6 nitrogen and oxygen atoms in total. The van der Waals surface area contributed by atoms with Crippen LogP contribution in [-0.4, -0.2) is 30.7 Å². The first-order valence-corrected chi connectivity index (χ1v) is 10.2. The highest BCUT2D eigenvalue weighted by molar-refractivity contribution is 6.13. The smallest absolute Gasteiger partial charge is 0.335 e. The van der Waals surface area contributed by atoms with Crippen LogP contribution in [0.3, 0.4) is 0 Å². The van der Waals surface area contributed by atoms with Crippen LogP contribution in [0.5, 0.6) is 11.5 Å². The molecule has 1 amide bonds. The maximum atomic E-state index is 13.3. The molecule has 1 fully saturated rings. The average Bonchev–Trinajstić information content (AvgIpc) is 2.79. The number of hydrogen-bond acceptors (Lipinski definition) is 5. The number of nitrogens with one attached hydrogen (secondary N) is 1. The summed E-state index contributed by atoms with van der Waals surface area (Å²) in [5.74, 6) is 0.521. The van der Waals surface area contributed by atoms with Crippen molar-refractivity contribution >= 4 is 17.6 Å². The van der Waals surface area contributed by atoms with Gasteiger partial charge in [0, 0.05) is 11.6 Å². The normalized spacial score (nSPS) is 18.6. The molecule has 1 aromatic rings. The fraction of sp³-hybridized carbons (Fsp3) is 0.545. The first kappa shape index (κ1) is 20.2. The minimum absolute atomic E-state index is 0.306. The van der Waals surface area contributed by atoms with E-state index in [2.05, 4.69) is 5.32 Å². The van der Waals surface area contributed by atoms with Gasteiger partial charge in [-0.05, 0) is 58.6 Å². The maximum absolute atomic E-state index is 13.3. The average molecular weight is 387 g/mol. The van der Waals surface area contributed by atoms with E-state index in [9.17, 15) is 9.59 Å². The van der Waals surface area contributed by atoms with Crippen LogP contribution in [0.25, 0.3) is 0 Å². The summed E-state index contributed by atoms with van der Waals surface area (Å²) in [7, 11) is 0. The Morgan fingerprint density at radius 1 is 1.11 bits per heavy atom. The second-order valence-electron chi connectivity index (χ2n) is 7.28. The van der Waals surface area contributed by atoms with Crippen LogP contribution in [0.1, 0.15) is 59.3 Å². The number of ether oxygens (including phenoxy) is 3. The predicted molar refractivity (Wildman–Crippen MR) is 107 cm³/mol. The lowest BCUT2D eigenvalue weighted by atomic mass is 9.84. The molecule has 1 aliphatic heterocycles. The molecule has 1 aliphatic carbocycles. The van der Waals surface area contributed by atoms with E-state index in [-0.39, 0.29) is 11.9 Å². The highest BCUT2D eigenvalue weighted by atomic mass is 16.6. The molecule has 3 rings (SSSR count). The van der Waals surface area contributed by atoms with Gasteiger partial charge in [0.05, 0.1) is 24.5 Å². The summed E-state index contributed by atoms with van der Waals surface area (Å²) in [6.45, 7) is 6.47. The predicted octanol–water partition coefficient (Wildman–Crippen LogP) is 4.39. The van der Waals surface area contributed by atoms with Crippen LogP contribution < -0.4 is 14.8 Å². The van der Waals surface area contributed by atoms with Crippen LogP contribution in [0.15, 0.2) is 29.3 Å². The number of rotatable bonds is 6. The number of esters is 1. The molecule has 1 N–H and O–H groups in total. The van der Waals surface area contributed by atoms with Crippen molar-refractivity contribution in [2.45, 2.75) is 64.9 Å². The molecule has 28 heavy (non-hydrogen) atoms. The van der Waals surface area contributed by atoms with Gasteiger partial charge in [0.15, 0.2) is 0 Å². The molecule has 0 bridgehead atoms. The zero-order chi connectivity index (χ0) is 20.1. The van der Waals surface area contributed by atoms with E-state index in [1.165, 1.54) is 0 Å². The van der Waals surface area contributed by atoms with E-state index in [4.69, 9.17) is 14.2 Å². The van der Waals surface area contributed by atoms with Gasteiger partial charge in [0.1, 0.15) is 17.1 Å². The lowest BCUT2D eigenvalue weighted by molar-refractivity contribution is -0.148. The van der Waals surface area contributed by atoms with Crippen molar-refractivity contribution in [3.63, 3.8) is 0 Å². The molecule has 152 valence electrons. The van der Waals surface area contributed by atoms with Gasteiger partial charge in [0.2, 0.25) is 0 Å². The van der Waals surface area contributed by atoms with E-state index in [0.717, 1.165) is 25.7 Å². The van der Waals surface area contributed by atoms with E-state index >= 15 is 0 Å². The van der Waals surface area contributed by atoms with Gasteiger partial charge < -0.3 is 19.5 Å². The molecule has 0 aromatic heterocycles. The Bertz CT molecular complexity index is 775. The number of carbonyl (C=O) groups excluding carboxylic acids is 2. The summed E-state index contributed by atoms with van der Waals surface area (Å²) in [6, 6.07) is 5.34. The second kappa shape index (κ2) is 8.67. The summed E-state index contributed by atoms with van der Waals surface area (Å²) in [5.41, 5.74) is 0.591. The molecular formula is C22H29NO5. The van der Waals surface area contributed by atoms with Gasteiger partial charge in [-0.1, -0.05) is 12.8 Å². The molecule has 1 spiro atoms. The minimum Gasteiger partial charge on any atom is -0.494 e. The van der Waals surface area contributed by atoms with Gasteiger partial charge in [0.25, 0.3) is 5.91 Å². The quantitative estimate of drug-likeness (QED) is 0.733. The zero-order valence-corrected chi connectivity index (χ0v) is 16.9. The van der Waals surface area contributed by atoms with Gasteiger partial charge in [-0.2, -0.15) is 0 Å². The van der Waals surface area contributed by atoms with Gasteiger partial charge in [-0.3, -0.25) is 4.79 Å². The van der Waals surface area contributed by atoms with Crippen molar-refractivity contribution in [1.29, 1.82) is 0 Å². The molecule has 1 saturated carbocycles. The lowest BCUT2D eigenvalue weighted by Gasteiger charge is -2.29. The van der Waals surface area contributed by atoms with Crippen molar-refractivity contribution in [3.05, 3.63) is 29.3 Å². The van der Waals surface area contributed by atoms with Crippen LogP contribution in [0, 0.1) is 0 Å². The molecule has 1 aromatic carbocycles. The van der Waals surface area contributed by atoms with Crippen LogP contribution >= 0.6 is 0 Å². The largest absolute Gasteiger partial charge is 0.494 e. The van der Waals surface area contributed by atoms with Gasteiger partial charge in [-0.15, -0.1) is 0 Å². The third-order valence-electron chi connectivity index (χ3n) is 5.37. The van der Waals surface area contributed by atoms with Crippen molar-refractivity contribution in [3.8, 4) is 11.5 Å². The first-order valence-electron chi connectivity index (χ1n) is 10.2. The standard InChI is InChI=1S/C22H29NO5/c1-4-26-16-10-11-18(27-5-2)17(14-16)23-20(24)19-15(3)21(25)28-22(19)12-8-6-7-9-13-22/h10-11,14H,4-9,12-13H2,1-3H3,(H,23,24). The molecule has 0 saturated heterocycles. The molecule has 6 heteroatoms. The topological polar surface area (TPSA) is 73.9 Å². The Kier molecular flexibility index (Phi) is 6.27. The summed E-state index contributed by atoms with van der Waals surface area (Å²) >= 11 is 0. The molecule has 2 aliphatic rings. The third-order valence-corrected chi connectivity index (χ3v) is 5.37. The van der Waals surface area contributed by atoms with Crippen LogP contribution in [0.4, 0.5) is 5.69 Å². The highest BCUT2D eigenvalue weighted by Crippen LogP contribution is 2.43. The van der Waals surface area contributed by atoms with Crippen molar-refractivity contribution in [1.82, 2.24) is 0 Å². The first-order chi connectivity index (χ1) is 13.5. The molecule has 0 unspecified atom stereocenters. The molecular weight excluding hydrogens is 358 g/mol. The Hall–Kier alpha value is -2.50. The third kappa shape index (κ3) is 4.01. The number of hydrogen-bond donors (Lipinski definition) is 1. The summed E-state index contributed by atoms with van der Waals surface area (Å²) in [5, 5.41) is 2.95. The number of amides is 1. The van der Waals surface area contributed by atoms with E-state index in [0.29, 0.717) is 54.4 Å². The van der Waals surface area contributed by atoms with Gasteiger partial charge >= 0.3 is 5.97 Å². The monoisotopic (exact) mass is 387 g/mol. The SMILES string of the molecule is CCOc1ccc(OCC)c(NC(=O)C2=C(C)C(=O)OC23CCCCCC3)c1. The fourth-order valence-electron chi connectivity index (χ4n) is 4.11. The molecule has 0 atom stereocenters.